The van der Waals surface area contributed by atoms with E-state index < -0.39 is 0 Å². The monoisotopic (exact) mass is 323 g/mol. The molecule has 1 heterocycles. The van der Waals surface area contributed by atoms with Gasteiger partial charge in [0.2, 0.25) is 0 Å². The third-order valence-corrected chi connectivity index (χ3v) is 2.00. The van der Waals surface area contributed by atoms with Crippen molar-refractivity contribution in [3.8, 4) is 0 Å². The molecule has 1 aromatic rings. The van der Waals surface area contributed by atoms with Crippen molar-refractivity contribution in [3.05, 3.63) is 26.9 Å². The Hall–Kier alpha value is -0.420. The molecule has 0 spiro atoms. The van der Waals surface area contributed by atoms with Gasteiger partial charge in [0, 0.05) is 0 Å². The number of carbonyl (C=O) groups is 1. The number of nitrogens with zero attached hydrogens (tertiary/aromatic N) is 1. The molecule has 3 nitrogen and oxygen atoms in total. The molecule has 78 valence electrons. The summed E-state index contributed by atoms with van der Waals surface area (Å²) in [4.78, 5) is 15.0. The first-order valence-corrected chi connectivity index (χ1v) is 5.63. The highest BCUT2D eigenvalue weighted by Crippen LogP contribution is 2.16. The molecule has 0 aromatic carbocycles. The van der Waals surface area contributed by atoms with Crippen molar-refractivity contribution < 1.29 is 9.53 Å². The van der Waals surface area contributed by atoms with Crippen LogP contribution < -0.4 is 0 Å². The maximum absolute atomic E-state index is 11.0. The minimum absolute atomic E-state index is 0.376. The third kappa shape index (κ3) is 4.19. The van der Waals surface area contributed by atoms with Gasteiger partial charge in [0.1, 0.15) is 9.21 Å². The van der Waals surface area contributed by atoms with E-state index in [4.69, 9.17) is 0 Å². The summed E-state index contributed by atoms with van der Waals surface area (Å²) in [6, 6.07) is 3.19. The van der Waals surface area contributed by atoms with Crippen molar-refractivity contribution >= 4 is 37.8 Å². The number of halogens is 2. The van der Waals surface area contributed by atoms with E-state index in [1.165, 1.54) is 7.11 Å². The van der Waals surface area contributed by atoms with Gasteiger partial charge in [-0.15, -0.1) is 0 Å². The molecule has 0 amide bonds. The van der Waals surface area contributed by atoms with E-state index in [1.54, 1.807) is 12.1 Å². The van der Waals surface area contributed by atoms with Gasteiger partial charge >= 0.3 is 5.97 Å². The predicted molar refractivity (Wildman–Crippen MR) is 62.3 cm³/mol. The molecule has 1 aromatic heterocycles. The second-order valence-electron chi connectivity index (χ2n) is 1.99. The standard InChI is InChI=1S/C7H5Br2NO2.C2H6/c1-12-7(11)4-2-5(8)10-6(9)3-4;1-2/h2-3H,1H3;1-2H3. The maximum Gasteiger partial charge on any atom is 0.338 e. The second kappa shape index (κ2) is 6.95. The summed E-state index contributed by atoms with van der Waals surface area (Å²) < 4.78 is 5.73. The number of esters is 1. The molecule has 0 aliphatic rings. The van der Waals surface area contributed by atoms with Crippen LogP contribution in [0.4, 0.5) is 0 Å². The molecule has 0 saturated heterocycles. The summed E-state index contributed by atoms with van der Waals surface area (Å²) in [7, 11) is 1.34. The Balaban J connectivity index is 0.000000791. The molecule has 0 atom stereocenters. The van der Waals surface area contributed by atoms with Gasteiger partial charge in [-0.3, -0.25) is 0 Å². The quantitative estimate of drug-likeness (QED) is 0.587. The average molecular weight is 325 g/mol. The van der Waals surface area contributed by atoms with Crippen LogP contribution in [0, 0.1) is 0 Å². The van der Waals surface area contributed by atoms with Crippen LogP contribution in [0.5, 0.6) is 0 Å². The van der Waals surface area contributed by atoms with Gasteiger partial charge in [-0.2, -0.15) is 0 Å². The zero-order valence-electron chi connectivity index (χ0n) is 8.17. The number of pyridine rings is 1. The Kier molecular flexibility index (Phi) is 6.74. The van der Waals surface area contributed by atoms with Crippen LogP contribution in [-0.2, 0) is 4.74 Å². The van der Waals surface area contributed by atoms with E-state index in [-0.39, 0.29) is 5.97 Å². The Morgan fingerprint density at radius 2 is 1.71 bits per heavy atom. The summed E-state index contributed by atoms with van der Waals surface area (Å²) in [5, 5.41) is 0. The lowest BCUT2D eigenvalue weighted by molar-refractivity contribution is 0.0600. The van der Waals surface area contributed by atoms with Gasteiger partial charge < -0.3 is 4.74 Å². The zero-order chi connectivity index (χ0) is 11.1. The van der Waals surface area contributed by atoms with Crippen LogP contribution in [0.3, 0.4) is 0 Å². The number of hydrogen-bond donors (Lipinski definition) is 0. The molecular formula is C9H11Br2NO2. The summed E-state index contributed by atoms with van der Waals surface area (Å²) in [6.45, 7) is 4.00. The topological polar surface area (TPSA) is 39.2 Å². The van der Waals surface area contributed by atoms with E-state index in [1.807, 2.05) is 13.8 Å². The number of ether oxygens (including phenoxy) is 1. The van der Waals surface area contributed by atoms with Gasteiger partial charge in [0.25, 0.3) is 0 Å². The maximum atomic E-state index is 11.0. The number of rotatable bonds is 1. The van der Waals surface area contributed by atoms with Crippen molar-refractivity contribution in [1.82, 2.24) is 4.98 Å². The molecule has 1 rings (SSSR count). The third-order valence-electron chi connectivity index (χ3n) is 1.18. The smallest absolute Gasteiger partial charge is 0.338 e. The minimum atomic E-state index is -0.376. The van der Waals surface area contributed by atoms with Crippen molar-refractivity contribution in [1.29, 1.82) is 0 Å². The van der Waals surface area contributed by atoms with Crippen molar-refractivity contribution in [2.24, 2.45) is 0 Å². The molecule has 0 saturated carbocycles. The Labute approximate surface area is 100 Å². The summed E-state index contributed by atoms with van der Waals surface area (Å²) in [6.07, 6.45) is 0. The van der Waals surface area contributed by atoms with E-state index in [0.717, 1.165) is 0 Å². The normalized spacial score (nSPS) is 8.64. The van der Waals surface area contributed by atoms with Crippen LogP contribution in [-0.4, -0.2) is 18.1 Å². The summed E-state index contributed by atoms with van der Waals surface area (Å²) in [5.41, 5.74) is 0.464. The van der Waals surface area contributed by atoms with Crippen LogP contribution in [0.2, 0.25) is 0 Å². The number of hydrogen-bond acceptors (Lipinski definition) is 3. The molecule has 0 N–H and O–H groups in total. The fourth-order valence-electron chi connectivity index (χ4n) is 0.701. The van der Waals surface area contributed by atoms with Crippen LogP contribution >= 0.6 is 31.9 Å². The van der Waals surface area contributed by atoms with Crippen molar-refractivity contribution in [2.45, 2.75) is 13.8 Å². The molecule has 0 bridgehead atoms. The molecule has 14 heavy (non-hydrogen) atoms. The highest BCUT2D eigenvalue weighted by atomic mass is 79.9. The van der Waals surface area contributed by atoms with Crippen LogP contribution in [0.1, 0.15) is 24.2 Å². The molecule has 0 radical (unpaired) electrons. The first-order valence-electron chi connectivity index (χ1n) is 4.05. The van der Waals surface area contributed by atoms with Crippen molar-refractivity contribution in [3.63, 3.8) is 0 Å². The lowest BCUT2D eigenvalue weighted by atomic mass is 10.3. The molecule has 0 unspecified atom stereocenters. The number of carbonyl (C=O) groups excluding carboxylic acids is 1. The summed E-state index contributed by atoms with van der Waals surface area (Å²) in [5.74, 6) is -0.376. The van der Waals surface area contributed by atoms with E-state index >= 15 is 0 Å². The fourth-order valence-corrected chi connectivity index (χ4v) is 1.81. The lowest BCUT2D eigenvalue weighted by Crippen LogP contribution is -2.01. The lowest BCUT2D eigenvalue weighted by Gasteiger charge is -1.99. The Bertz CT molecular complexity index is 295. The number of aromatic nitrogens is 1. The first kappa shape index (κ1) is 13.6. The predicted octanol–water partition coefficient (Wildman–Crippen LogP) is 3.42. The Morgan fingerprint density at radius 1 is 1.29 bits per heavy atom. The van der Waals surface area contributed by atoms with E-state index in [2.05, 4.69) is 41.6 Å². The zero-order valence-corrected chi connectivity index (χ0v) is 11.3. The first-order chi connectivity index (χ1) is 6.63. The van der Waals surface area contributed by atoms with E-state index in [0.29, 0.717) is 14.8 Å². The molecule has 5 heteroatoms. The molecular weight excluding hydrogens is 314 g/mol. The van der Waals surface area contributed by atoms with Gasteiger partial charge in [-0.05, 0) is 44.0 Å². The largest absolute Gasteiger partial charge is 0.465 e. The van der Waals surface area contributed by atoms with Crippen molar-refractivity contribution in [2.75, 3.05) is 7.11 Å². The van der Waals surface area contributed by atoms with Gasteiger partial charge in [0.15, 0.2) is 0 Å². The van der Waals surface area contributed by atoms with Gasteiger partial charge in [0.05, 0.1) is 12.7 Å². The average Bonchev–Trinajstić information content (AvgIpc) is 2.18. The Morgan fingerprint density at radius 3 is 2.07 bits per heavy atom. The van der Waals surface area contributed by atoms with Crippen LogP contribution in [0.25, 0.3) is 0 Å². The number of methoxy groups -OCH3 is 1. The summed E-state index contributed by atoms with van der Waals surface area (Å²) >= 11 is 6.32. The van der Waals surface area contributed by atoms with Crippen LogP contribution in [0.15, 0.2) is 21.3 Å². The second-order valence-corrected chi connectivity index (χ2v) is 3.62. The highest BCUT2D eigenvalue weighted by molar-refractivity contribution is 9.11. The fraction of sp³-hybridized carbons (Fsp3) is 0.333. The molecule has 0 aliphatic heterocycles. The highest BCUT2D eigenvalue weighted by Gasteiger charge is 2.07. The minimum Gasteiger partial charge on any atom is -0.465 e. The van der Waals surface area contributed by atoms with Gasteiger partial charge in [-0.1, -0.05) is 13.8 Å². The van der Waals surface area contributed by atoms with E-state index in [9.17, 15) is 4.79 Å². The van der Waals surface area contributed by atoms with Gasteiger partial charge in [-0.25, -0.2) is 9.78 Å². The SMILES string of the molecule is CC.COC(=O)c1cc(Br)nc(Br)c1. The molecule has 0 aliphatic carbocycles. The molecule has 0 fully saturated rings.